The summed E-state index contributed by atoms with van der Waals surface area (Å²) in [4.78, 5) is 33.1. The number of para-hydroxylation sites is 1. The molecule has 222 valence electrons. The number of nitrogens with one attached hydrogen (secondary N) is 1. The van der Waals surface area contributed by atoms with Gasteiger partial charge in [-0.05, 0) is 60.9 Å². The summed E-state index contributed by atoms with van der Waals surface area (Å²) in [7, 11) is -0.695. The second-order valence-corrected chi connectivity index (χ2v) is 13.7. The van der Waals surface area contributed by atoms with Crippen LogP contribution in [0.25, 0.3) is 32.5 Å². The number of carbonyl (C=O) groups is 2. The van der Waals surface area contributed by atoms with Crippen LogP contribution in [0.5, 0.6) is 0 Å². The average Bonchev–Trinajstić information content (AvgIpc) is 3.61. The molecular formula is C31H29FN4O5S2. The van der Waals surface area contributed by atoms with Crippen LogP contribution in [0.15, 0.2) is 65.1 Å². The number of rotatable bonds is 6. The van der Waals surface area contributed by atoms with Gasteiger partial charge in [-0.3, -0.25) is 13.9 Å². The number of piperidine rings is 1. The van der Waals surface area contributed by atoms with Crippen molar-refractivity contribution in [2.24, 2.45) is 0 Å². The molecule has 0 saturated carbocycles. The largest absolute Gasteiger partial charge is 0.455 e. The van der Waals surface area contributed by atoms with Crippen molar-refractivity contribution in [1.82, 2.24) is 15.2 Å². The Balaban J connectivity index is 1.46. The van der Waals surface area contributed by atoms with E-state index < -0.39 is 21.7 Å². The Hall–Kier alpha value is -4.29. The van der Waals surface area contributed by atoms with E-state index in [1.807, 2.05) is 24.3 Å². The predicted molar refractivity (Wildman–Crippen MR) is 166 cm³/mol. The van der Waals surface area contributed by atoms with Gasteiger partial charge in [-0.25, -0.2) is 17.8 Å². The highest BCUT2D eigenvalue weighted by Gasteiger charge is 2.32. The highest BCUT2D eigenvalue weighted by atomic mass is 32.2. The number of halogens is 1. The number of benzene rings is 3. The molecule has 3 aromatic carbocycles. The van der Waals surface area contributed by atoms with Gasteiger partial charge in [0, 0.05) is 50.1 Å². The first-order chi connectivity index (χ1) is 20.5. The minimum Gasteiger partial charge on any atom is -0.455 e. The zero-order chi connectivity index (χ0) is 30.5. The van der Waals surface area contributed by atoms with E-state index in [-0.39, 0.29) is 23.1 Å². The number of amides is 2. The first-order valence-electron chi connectivity index (χ1n) is 13.7. The molecule has 0 spiro atoms. The Morgan fingerprint density at radius 1 is 1.14 bits per heavy atom. The van der Waals surface area contributed by atoms with Crippen LogP contribution in [0.4, 0.5) is 10.1 Å². The monoisotopic (exact) mass is 620 g/mol. The van der Waals surface area contributed by atoms with Crippen molar-refractivity contribution in [3.63, 3.8) is 0 Å². The number of thiazole rings is 1. The molecule has 43 heavy (non-hydrogen) atoms. The second-order valence-electron chi connectivity index (χ2n) is 10.6. The highest BCUT2D eigenvalue weighted by Crippen LogP contribution is 2.42. The second kappa shape index (κ2) is 11.1. The number of likely N-dealkylation sites (tertiary alicyclic amines) is 1. The van der Waals surface area contributed by atoms with Crippen molar-refractivity contribution in [3.8, 4) is 11.3 Å². The summed E-state index contributed by atoms with van der Waals surface area (Å²) in [5.41, 5.74) is 2.92. The maximum Gasteiger partial charge on any atom is 0.282 e. The van der Waals surface area contributed by atoms with Crippen molar-refractivity contribution in [1.29, 1.82) is 0 Å². The lowest BCUT2D eigenvalue weighted by molar-refractivity contribution is 0.0707. The minimum atomic E-state index is -3.67. The molecule has 3 heterocycles. The van der Waals surface area contributed by atoms with Gasteiger partial charge in [0.05, 0.1) is 27.7 Å². The van der Waals surface area contributed by atoms with Crippen LogP contribution in [0.3, 0.4) is 0 Å². The lowest BCUT2D eigenvalue weighted by Crippen LogP contribution is -2.39. The normalized spacial score (nSPS) is 15.6. The molecule has 1 atom stereocenters. The lowest BCUT2D eigenvalue weighted by Gasteiger charge is -2.34. The quantitative estimate of drug-likeness (QED) is 0.264. The van der Waals surface area contributed by atoms with E-state index in [0.717, 1.165) is 16.5 Å². The first kappa shape index (κ1) is 28.8. The van der Waals surface area contributed by atoms with Crippen LogP contribution < -0.4 is 9.62 Å². The van der Waals surface area contributed by atoms with E-state index in [1.54, 1.807) is 17.0 Å². The molecule has 0 radical (unpaired) electrons. The van der Waals surface area contributed by atoms with Gasteiger partial charge in [0.1, 0.15) is 17.2 Å². The summed E-state index contributed by atoms with van der Waals surface area (Å²) in [6.07, 6.45) is 2.53. The summed E-state index contributed by atoms with van der Waals surface area (Å²) in [5.74, 6) is -0.974. The van der Waals surface area contributed by atoms with E-state index in [9.17, 15) is 22.4 Å². The van der Waals surface area contributed by atoms with Gasteiger partial charge < -0.3 is 14.6 Å². The van der Waals surface area contributed by atoms with Crippen LogP contribution >= 0.6 is 11.3 Å². The number of hydrogen-bond donors (Lipinski definition) is 1. The number of hydrogen-bond acceptors (Lipinski definition) is 7. The highest BCUT2D eigenvalue weighted by molar-refractivity contribution is 7.92. The fourth-order valence-corrected chi connectivity index (χ4v) is 7.05. The molecule has 1 fully saturated rings. The number of aromatic nitrogens is 1. The van der Waals surface area contributed by atoms with Crippen LogP contribution in [0.2, 0.25) is 0 Å². The fraction of sp³-hybridized carbons (Fsp3) is 0.258. The Labute approximate surface area is 252 Å². The fourth-order valence-electron chi connectivity index (χ4n) is 5.60. The van der Waals surface area contributed by atoms with Crippen molar-refractivity contribution in [2.75, 3.05) is 37.7 Å². The number of carbonyl (C=O) groups excluding carboxylic acids is 2. The van der Waals surface area contributed by atoms with Gasteiger partial charge in [-0.2, -0.15) is 0 Å². The van der Waals surface area contributed by atoms with E-state index >= 15 is 0 Å². The standard InChI is InChI=1S/C31H29FN4O5S2/c1-33-29(37)27-22-15-21(19-7-6-14-36(17-19)31(38)30-34-23-8-4-5-9-26(23)42-30)24(35(2)43(3,39)40)16-25(22)41-28(27)18-10-12-20(32)13-11-18/h4-5,8-13,15-16,19H,6-7,14,17H2,1-3H3,(H,33,37)/t19-/m1/s1. The molecule has 2 aromatic heterocycles. The molecule has 12 heteroatoms. The molecular weight excluding hydrogens is 591 g/mol. The van der Waals surface area contributed by atoms with Crippen molar-refractivity contribution in [2.45, 2.75) is 18.8 Å². The number of furan rings is 1. The molecule has 5 aromatic rings. The molecule has 1 saturated heterocycles. The van der Waals surface area contributed by atoms with Gasteiger partial charge in [-0.1, -0.05) is 12.1 Å². The number of nitrogens with zero attached hydrogens (tertiary/aromatic N) is 3. The predicted octanol–water partition coefficient (Wildman–Crippen LogP) is 5.62. The van der Waals surface area contributed by atoms with Crippen LogP contribution in [0, 0.1) is 5.82 Å². The maximum atomic E-state index is 13.7. The summed E-state index contributed by atoms with van der Waals surface area (Å²) in [6, 6.07) is 16.6. The molecule has 2 amide bonds. The Kier molecular flexibility index (Phi) is 7.43. The summed E-state index contributed by atoms with van der Waals surface area (Å²) in [6.45, 7) is 0.900. The number of fused-ring (bicyclic) bond motifs is 2. The van der Waals surface area contributed by atoms with Gasteiger partial charge in [-0.15, -0.1) is 11.3 Å². The molecule has 0 aliphatic carbocycles. The van der Waals surface area contributed by atoms with Gasteiger partial charge in [0.15, 0.2) is 5.01 Å². The van der Waals surface area contributed by atoms with E-state index in [0.29, 0.717) is 58.7 Å². The molecule has 1 aliphatic heterocycles. The third-order valence-corrected chi connectivity index (χ3v) is 10.1. The number of anilines is 1. The third kappa shape index (κ3) is 5.36. The first-order valence-corrected chi connectivity index (χ1v) is 16.4. The van der Waals surface area contributed by atoms with Crippen LogP contribution in [-0.2, 0) is 10.0 Å². The van der Waals surface area contributed by atoms with Crippen molar-refractivity contribution >= 4 is 60.0 Å². The Morgan fingerprint density at radius 2 is 1.88 bits per heavy atom. The zero-order valence-corrected chi connectivity index (χ0v) is 25.4. The summed E-state index contributed by atoms with van der Waals surface area (Å²) >= 11 is 1.35. The minimum absolute atomic E-state index is 0.169. The van der Waals surface area contributed by atoms with Crippen LogP contribution in [-0.4, -0.2) is 63.6 Å². The average molecular weight is 621 g/mol. The van der Waals surface area contributed by atoms with E-state index in [2.05, 4.69) is 10.3 Å². The van der Waals surface area contributed by atoms with E-state index in [4.69, 9.17) is 4.42 Å². The zero-order valence-electron chi connectivity index (χ0n) is 23.8. The van der Waals surface area contributed by atoms with Crippen molar-refractivity contribution in [3.05, 3.63) is 82.6 Å². The number of sulfonamides is 1. The van der Waals surface area contributed by atoms with Gasteiger partial charge in [0.2, 0.25) is 10.0 Å². The molecule has 0 unspecified atom stereocenters. The lowest BCUT2D eigenvalue weighted by atomic mass is 9.88. The third-order valence-electron chi connectivity index (χ3n) is 7.86. The smallest absolute Gasteiger partial charge is 0.282 e. The summed E-state index contributed by atoms with van der Waals surface area (Å²) in [5, 5.41) is 3.56. The molecule has 0 bridgehead atoms. The molecule has 9 nitrogen and oxygen atoms in total. The van der Waals surface area contributed by atoms with Gasteiger partial charge in [0.25, 0.3) is 11.8 Å². The molecule has 1 aliphatic rings. The van der Waals surface area contributed by atoms with E-state index in [1.165, 1.54) is 54.0 Å². The molecule has 1 N–H and O–H groups in total. The Morgan fingerprint density at radius 3 is 2.58 bits per heavy atom. The van der Waals surface area contributed by atoms with Crippen molar-refractivity contribution < 1.29 is 26.8 Å². The maximum absolute atomic E-state index is 13.7. The van der Waals surface area contributed by atoms with Crippen LogP contribution in [0.1, 0.15) is 44.5 Å². The van der Waals surface area contributed by atoms with Gasteiger partial charge >= 0.3 is 0 Å². The Bertz CT molecular complexity index is 1950. The topological polar surface area (TPSA) is 113 Å². The summed E-state index contributed by atoms with van der Waals surface area (Å²) < 4.78 is 47.5. The molecule has 6 rings (SSSR count). The SMILES string of the molecule is CNC(=O)c1c(-c2ccc(F)cc2)oc2cc(N(C)S(C)(=O)=O)c([C@@H]3CCCN(C(=O)c4nc5ccccc5s4)C3)cc12.